The molecule has 22 heavy (non-hydrogen) atoms. The van der Waals surface area contributed by atoms with E-state index >= 15 is 0 Å². The molecular weight excluding hydrogens is 280 g/mol. The van der Waals surface area contributed by atoms with Gasteiger partial charge in [-0.25, -0.2) is 0 Å². The lowest BCUT2D eigenvalue weighted by Crippen LogP contribution is -2.29. The molecule has 0 unspecified atom stereocenters. The second kappa shape index (κ2) is 6.19. The molecule has 0 saturated heterocycles. The molecule has 4 N–H and O–H groups in total. The van der Waals surface area contributed by atoms with Gasteiger partial charge in [-0.15, -0.1) is 0 Å². The van der Waals surface area contributed by atoms with Gasteiger partial charge in [0, 0.05) is 27.4 Å². The Labute approximate surface area is 133 Å². The Balaban J connectivity index is 3.73. The minimum absolute atomic E-state index is 0.0320. The molecule has 0 bridgehead atoms. The first-order chi connectivity index (χ1) is 9.93. The first-order valence-electron chi connectivity index (χ1n) is 7.64. The number of hydrogen-bond acceptors (Lipinski definition) is 4. The Morgan fingerprint density at radius 2 is 1.00 bits per heavy atom. The smallest absolute Gasteiger partial charge is 0.123 e. The van der Waals surface area contributed by atoms with Crippen molar-refractivity contribution in [1.82, 2.24) is 0 Å². The van der Waals surface area contributed by atoms with E-state index in [2.05, 4.69) is 0 Å². The van der Waals surface area contributed by atoms with E-state index in [1.807, 2.05) is 53.7 Å². The summed E-state index contributed by atoms with van der Waals surface area (Å²) in [5.74, 6) is 0.107. The highest BCUT2D eigenvalue weighted by Gasteiger charge is 2.33. The summed E-state index contributed by atoms with van der Waals surface area (Å²) < 4.78 is 0. The van der Waals surface area contributed by atoms with Gasteiger partial charge in [-0.1, -0.05) is 53.7 Å². The van der Waals surface area contributed by atoms with Crippen molar-refractivity contribution in [1.29, 1.82) is 0 Å². The van der Waals surface area contributed by atoms with Crippen LogP contribution in [0.25, 0.3) is 0 Å². The SMILES string of the molecule is CC(C)(CO)c1cc(C(C)(C)CO)c(O)c(C(C)(C)CO)c1. The summed E-state index contributed by atoms with van der Waals surface area (Å²) in [5.41, 5.74) is 0.420. The Morgan fingerprint density at radius 3 is 1.27 bits per heavy atom. The number of aromatic hydroxyl groups is 1. The molecule has 4 nitrogen and oxygen atoms in total. The van der Waals surface area contributed by atoms with Crippen LogP contribution < -0.4 is 0 Å². The third kappa shape index (κ3) is 3.45. The fraction of sp³-hybridized carbons (Fsp3) is 0.667. The van der Waals surface area contributed by atoms with Crippen molar-refractivity contribution in [2.45, 2.75) is 57.8 Å². The molecule has 0 aliphatic heterocycles. The van der Waals surface area contributed by atoms with E-state index in [9.17, 15) is 20.4 Å². The van der Waals surface area contributed by atoms with Crippen LogP contribution in [0.1, 0.15) is 58.2 Å². The maximum absolute atomic E-state index is 10.7. The van der Waals surface area contributed by atoms with Crippen molar-refractivity contribution >= 4 is 0 Å². The van der Waals surface area contributed by atoms with Crippen molar-refractivity contribution in [2.75, 3.05) is 19.8 Å². The highest BCUT2D eigenvalue weighted by molar-refractivity contribution is 5.52. The van der Waals surface area contributed by atoms with Gasteiger partial charge in [-0.3, -0.25) is 0 Å². The van der Waals surface area contributed by atoms with Crippen molar-refractivity contribution in [2.24, 2.45) is 0 Å². The summed E-state index contributed by atoms with van der Waals surface area (Å²) in [7, 11) is 0. The molecule has 0 aromatic heterocycles. The van der Waals surface area contributed by atoms with Gasteiger partial charge in [0.05, 0.1) is 19.8 Å². The zero-order valence-corrected chi connectivity index (χ0v) is 14.6. The molecule has 126 valence electrons. The van der Waals surface area contributed by atoms with Crippen LogP contribution in [0.15, 0.2) is 12.1 Å². The molecule has 4 heteroatoms. The molecule has 0 spiro atoms. The number of benzene rings is 1. The summed E-state index contributed by atoms with van der Waals surface area (Å²) in [4.78, 5) is 0. The minimum atomic E-state index is -0.619. The maximum atomic E-state index is 10.7. The lowest BCUT2D eigenvalue weighted by molar-refractivity contribution is 0.204. The zero-order valence-electron chi connectivity index (χ0n) is 14.6. The van der Waals surface area contributed by atoms with Crippen LogP contribution in [0.5, 0.6) is 5.75 Å². The van der Waals surface area contributed by atoms with E-state index in [0.29, 0.717) is 11.1 Å². The molecule has 0 atom stereocenters. The summed E-state index contributed by atoms with van der Waals surface area (Å²) >= 11 is 0. The number of phenolic OH excluding ortho intramolecular Hbond substituents is 1. The quantitative estimate of drug-likeness (QED) is 0.649. The molecule has 0 saturated carbocycles. The number of aliphatic hydroxyl groups is 3. The molecule has 1 rings (SSSR count). The molecule has 0 heterocycles. The van der Waals surface area contributed by atoms with Crippen LogP contribution in [0.4, 0.5) is 0 Å². The Hall–Kier alpha value is -1.10. The summed E-state index contributed by atoms with van der Waals surface area (Å²) in [6.07, 6.45) is 0. The second-order valence-electron chi connectivity index (χ2n) is 8.05. The average Bonchev–Trinajstić information content (AvgIpc) is 2.46. The molecule has 0 aliphatic carbocycles. The van der Waals surface area contributed by atoms with E-state index in [1.165, 1.54) is 0 Å². The number of phenols is 1. The van der Waals surface area contributed by atoms with Crippen LogP contribution in [0, 0.1) is 0 Å². The molecule has 0 amide bonds. The summed E-state index contributed by atoms with van der Waals surface area (Å²) in [6.45, 7) is 11.0. The molecule has 0 fully saturated rings. The maximum Gasteiger partial charge on any atom is 0.123 e. The van der Waals surface area contributed by atoms with Crippen LogP contribution in [0.2, 0.25) is 0 Å². The number of hydrogen-bond donors (Lipinski definition) is 4. The van der Waals surface area contributed by atoms with Gasteiger partial charge in [-0.05, 0) is 5.56 Å². The fourth-order valence-electron chi connectivity index (χ4n) is 2.32. The Bertz CT molecular complexity index is 493. The third-order valence-electron chi connectivity index (χ3n) is 4.54. The number of aliphatic hydroxyl groups excluding tert-OH is 3. The van der Waals surface area contributed by atoms with Crippen molar-refractivity contribution in [3.8, 4) is 5.75 Å². The van der Waals surface area contributed by atoms with Gasteiger partial charge in [0.15, 0.2) is 0 Å². The van der Waals surface area contributed by atoms with Crippen LogP contribution in [0.3, 0.4) is 0 Å². The first kappa shape index (κ1) is 18.9. The van der Waals surface area contributed by atoms with E-state index < -0.39 is 16.2 Å². The first-order valence-corrected chi connectivity index (χ1v) is 7.64. The molecule has 0 aliphatic rings. The average molecular weight is 310 g/mol. The molecule has 1 aromatic carbocycles. The highest BCUT2D eigenvalue weighted by atomic mass is 16.3. The monoisotopic (exact) mass is 310 g/mol. The minimum Gasteiger partial charge on any atom is -0.507 e. The van der Waals surface area contributed by atoms with Gasteiger partial charge >= 0.3 is 0 Å². The van der Waals surface area contributed by atoms with E-state index in [1.54, 1.807) is 0 Å². The topological polar surface area (TPSA) is 80.9 Å². The number of rotatable bonds is 6. The van der Waals surface area contributed by atoms with Gasteiger partial charge in [0.2, 0.25) is 0 Å². The van der Waals surface area contributed by atoms with Crippen LogP contribution in [-0.4, -0.2) is 40.2 Å². The third-order valence-corrected chi connectivity index (χ3v) is 4.54. The zero-order chi connectivity index (χ0) is 17.3. The Morgan fingerprint density at radius 1 is 0.682 bits per heavy atom. The molecule has 1 aromatic rings. The van der Waals surface area contributed by atoms with Gasteiger partial charge in [0.25, 0.3) is 0 Å². The highest BCUT2D eigenvalue weighted by Crippen LogP contribution is 2.42. The lowest BCUT2D eigenvalue weighted by Gasteiger charge is -2.33. The normalized spacial score (nSPS) is 13.5. The van der Waals surface area contributed by atoms with E-state index in [4.69, 9.17) is 0 Å². The van der Waals surface area contributed by atoms with E-state index in [-0.39, 0.29) is 25.6 Å². The van der Waals surface area contributed by atoms with Gasteiger partial charge in [-0.2, -0.15) is 0 Å². The largest absolute Gasteiger partial charge is 0.507 e. The fourth-order valence-corrected chi connectivity index (χ4v) is 2.32. The van der Waals surface area contributed by atoms with Gasteiger partial charge < -0.3 is 20.4 Å². The predicted octanol–water partition coefficient (Wildman–Crippen LogP) is 2.20. The molecule has 0 radical (unpaired) electrons. The van der Waals surface area contributed by atoms with E-state index in [0.717, 1.165) is 5.56 Å². The predicted molar refractivity (Wildman–Crippen MR) is 88.4 cm³/mol. The van der Waals surface area contributed by atoms with Crippen LogP contribution >= 0.6 is 0 Å². The molecular formula is C18H30O4. The lowest BCUT2D eigenvalue weighted by atomic mass is 9.73. The van der Waals surface area contributed by atoms with Crippen molar-refractivity contribution in [3.63, 3.8) is 0 Å². The van der Waals surface area contributed by atoms with Crippen molar-refractivity contribution < 1.29 is 20.4 Å². The van der Waals surface area contributed by atoms with Crippen LogP contribution in [-0.2, 0) is 16.2 Å². The van der Waals surface area contributed by atoms with Gasteiger partial charge in [0.1, 0.15) is 5.75 Å². The second-order valence-corrected chi connectivity index (χ2v) is 8.05. The standard InChI is InChI=1S/C18H30O4/c1-16(2,9-19)12-7-13(17(3,4)10-20)15(22)14(8-12)18(5,6)11-21/h7-8,19-22H,9-11H2,1-6H3. The Kier molecular flexibility index (Phi) is 5.33. The van der Waals surface area contributed by atoms with Crippen molar-refractivity contribution in [3.05, 3.63) is 28.8 Å². The summed E-state index contributed by atoms with van der Waals surface area (Å²) in [6, 6.07) is 3.69. The summed E-state index contributed by atoms with van der Waals surface area (Å²) in [5, 5.41) is 39.7.